The van der Waals surface area contributed by atoms with Crippen molar-refractivity contribution in [2.45, 2.75) is 19.8 Å². The van der Waals surface area contributed by atoms with Crippen LogP contribution in [0.5, 0.6) is 0 Å². The van der Waals surface area contributed by atoms with E-state index < -0.39 is 0 Å². The maximum Gasteiger partial charge on any atom is 0.238 e. The van der Waals surface area contributed by atoms with Gasteiger partial charge in [0.05, 0.1) is 40.2 Å². The summed E-state index contributed by atoms with van der Waals surface area (Å²) >= 11 is 14.5. The Morgan fingerprint density at radius 1 is 0.758 bits per heavy atom. The van der Waals surface area contributed by atoms with Gasteiger partial charge in [0.1, 0.15) is 0 Å². The van der Waals surface area contributed by atoms with Crippen LogP contribution in [0.2, 0.25) is 0 Å². The van der Waals surface area contributed by atoms with Crippen molar-refractivity contribution in [3.8, 4) is 0 Å². The number of thiazole rings is 2. The van der Waals surface area contributed by atoms with Crippen molar-refractivity contribution < 1.29 is 4.79 Å². The summed E-state index contributed by atoms with van der Waals surface area (Å²) in [5, 5.41) is 1.88. The number of hydrazine groups is 1. The van der Waals surface area contributed by atoms with Crippen LogP contribution in [0.15, 0.2) is 78.9 Å². The maximum absolute atomic E-state index is 13.0. The number of fused-ring (bicyclic) bond motifs is 2. The molecular formula is C24H20N4OS4. The third-order valence-corrected chi connectivity index (χ3v) is 8.12. The molecule has 0 aliphatic heterocycles. The number of hydrogen-bond acceptors (Lipinski definition) is 6. The fourth-order valence-electron chi connectivity index (χ4n) is 3.75. The third-order valence-electron chi connectivity index (χ3n) is 5.26. The standard InChI is InChI=1S/C24H20N4OS4/c29-22(14-17-8-2-1-3-9-17)25-26(15-27-18-10-4-6-12-20(18)32-23(27)30)16-28-19-11-5-7-13-21(19)33-24(28)31/h1-13H,14-16H2,(H,25,29). The second-order valence-corrected chi connectivity index (χ2v) is 10.9. The Morgan fingerprint density at radius 2 is 1.24 bits per heavy atom. The summed E-state index contributed by atoms with van der Waals surface area (Å²) in [5.41, 5.74) is 6.16. The molecule has 166 valence electrons. The molecule has 2 aromatic heterocycles. The van der Waals surface area contributed by atoms with Gasteiger partial charge in [-0.25, -0.2) is 0 Å². The molecule has 5 nitrogen and oxygen atoms in total. The van der Waals surface area contributed by atoms with E-state index in [1.54, 1.807) is 22.7 Å². The molecule has 0 unspecified atom stereocenters. The van der Waals surface area contributed by atoms with E-state index in [1.807, 2.05) is 59.6 Å². The number of carbonyl (C=O) groups is 1. The van der Waals surface area contributed by atoms with Gasteiger partial charge in [-0.15, -0.1) is 22.7 Å². The Balaban J connectivity index is 1.48. The Kier molecular flexibility index (Phi) is 6.48. The number of carbonyl (C=O) groups excluding carboxylic acids is 1. The van der Waals surface area contributed by atoms with E-state index in [0.717, 1.165) is 33.9 Å². The molecule has 0 bridgehead atoms. The lowest BCUT2D eigenvalue weighted by molar-refractivity contribution is -0.127. The van der Waals surface area contributed by atoms with Crippen molar-refractivity contribution in [3.63, 3.8) is 0 Å². The minimum Gasteiger partial charge on any atom is -0.308 e. The first kappa shape index (κ1) is 22.1. The minimum absolute atomic E-state index is 0.0849. The molecule has 2 heterocycles. The van der Waals surface area contributed by atoms with E-state index in [2.05, 4.69) is 38.8 Å². The molecule has 0 aliphatic rings. The van der Waals surface area contributed by atoms with E-state index in [0.29, 0.717) is 19.8 Å². The van der Waals surface area contributed by atoms with Gasteiger partial charge in [-0.2, -0.15) is 5.01 Å². The van der Waals surface area contributed by atoms with E-state index >= 15 is 0 Å². The Morgan fingerprint density at radius 3 is 1.79 bits per heavy atom. The van der Waals surface area contributed by atoms with Gasteiger partial charge in [-0.3, -0.25) is 10.2 Å². The molecule has 1 amide bonds. The van der Waals surface area contributed by atoms with Crippen LogP contribution in [-0.4, -0.2) is 20.1 Å². The highest BCUT2D eigenvalue weighted by atomic mass is 32.2. The second-order valence-electron chi connectivity index (χ2n) is 7.55. The fourth-order valence-corrected chi connectivity index (χ4v) is 6.37. The Bertz CT molecular complexity index is 1460. The molecule has 0 spiro atoms. The number of hydrogen-bond donors (Lipinski definition) is 1. The van der Waals surface area contributed by atoms with Gasteiger partial charge < -0.3 is 9.13 Å². The zero-order valence-corrected chi connectivity index (χ0v) is 20.8. The molecule has 0 fully saturated rings. The SMILES string of the molecule is O=C(Cc1ccccc1)NN(Cn1c(=S)sc2ccccc21)Cn1c(=S)sc2ccccc21. The van der Waals surface area contributed by atoms with Crippen LogP contribution in [0.4, 0.5) is 0 Å². The number of rotatable bonds is 7. The molecule has 0 aliphatic carbocycles. The molecule has 5 aromatic rings. The number of benzene rings is 3. The lowest BCUT2D eigenvalue weighted by atomic mass is 10.1. The van der Waals surface area contributed by atoms with Gasteiger partial charge in [-0.05, 0) is 54.3 Å². The van der Waals surface area contributed by atoms with Gasteiger partial charge in [0, 0.05) is 0 Å². The van der Waals surface area contributed by atoms with Crippen molar-refractivity contribution in [2.75, 3.05) is 0 Å². The van der Waals surface area contributed by atoms with Crippen LogP contribution >= 0.6 is 47.1 Å². The highest BCUT2D eigenvalue weighted by Crippen LogP contribution is 2.25. The lowest BCUT2D eigenvalue weighted by Crippen LogP contribution is -2.44. The van der Waals surface area contributed by atoms with E-state index in [4.69, 9.17) is 24.4 Å². The predicted molar refractivity (Wildman–Crippen MR) is 141 cm³/mol. The van der Waals surface area contributed by atoms with Crippen LogP contribution in [0.1, 0.15) is 5.56 Å². The molecule has 1 N–H and O–H groups in total. The van der Waals surface area contributed by atoms with Gasteiger partial charge >= 0.3 is 0 Å². The van der Waals surface area contributed by atoms with Crippen molar-refractivity contribution in [2.24, 2.45) is 0 Å². The molecule has 0 radical (unpaired) electrons. The fraction of sp³-hybridized carbons (Fsp3) is 0.125. The summed E-state index contributed by atoms with van der Waals surface area (Å²) in [6, 6.07) is 26.0. The first-order valence-electron chi connectivity index (χ1n) is 10.3. The van der Waals surface area contributed by atoms with E-state index in [9.17, 15) is 4.79 Å². The monoisotopic (exact) mass is 508 g/mol. The van der Waals surface area contributed by atoms with Crippen LogP contribution in [0.25, 0.3) is 20.4 Å². The number of nitrogens with zero attached hydrogens (tertiary/aromatic N) is 3. The molecule has 0 atom stereocenters. The maximum atomic E-state index is 13.0. The minimum atomic E-state index is -0.0849. The first-order valence-corrected chi connectivity index (χ1v) is 12.8. The number of amides is 1. The topological polar surface area (TPSA) is 42.2 Å². The number of para-hydroxylation sites is 2. The number of nitrogens with one attached hydrogen (secondary N) is 1. The van der Waals surface area contributed by atoms with Crippen molar-refractivity contribution >= 4 is 73.4 Å². The summed E-state index contributed by atoms with van der Waals surface area (Å²) in [5.74, 6) is -0.0849. The molecular weight excluding hydrogens is 489 g/mol. The summed E-state index contributed by atoms with van der Waals surface area (Å²) in [6.45, 7) is 0.824. The normalized spacial score (nSPS) is 11.4. The van der Waals surface area contributed by atoms with Crippen molar-refractivity contribution in [1.29, 1.82) is 0 Å². The van der Waals surface area contributed by atoms with Crippen LogP contribution < -0.4 is 5.43 Å². The summed E-state index contributed by atoms with van der Waals surface area (Å²) in [4.78, 5) is 13.0. The highest BCUT2D eigenvalue weighted by Gasteiger charge is 2.16. The lowest BCUT2D eigenvalue weighted by Gasteiger charge is -2.25. The summed E-state index contributed by atoms with van der Waals surface area (Å²) in [7, 11) is 0. The summed E-state index contributed by atoms with van der Waals surface area (Å²) < 4.78 is 7.87. The zero-order chi connectivity index (χ0) is 22.8. The molecule has 9 heteroatoms. The molecule has 5 rings (SSSR count). The molecule has 3 aromatic carbocycles. The smallest absolute Gasteiger partial charge is 0.238 e. The van der Waals surface area contributed by atoms with Gasteiger partial charge in [0.25, 0.3) is 0 Å². The van der Waals surface area contributed by atoms with Crippen molar-refractivity contribution in [3.05, 3.63) is 92.3 Å². The van der Waals surface area contributed by atoms with Crippen molar-refractivity contribution in [1.82, 2.24) is 19.6 Å². The first-order chi connectivity index (χ1) is 16.1. The molecule has 33 heavy (non-hydrogen) atoms. The van der Waals surface area contributed by atoms with Gasteiger partial charge in [0.2, 0.25) is 5.91 Å². The second kappa shape index (κ2) is 9.66. The van der Waals surface area contributed by atoms with Crippen LogP contribution in [-0.2, 0) is 24.6 Å². The quantitative estimate of drug-likeness (QED) is 0.205. The highest BCUT2D eigenvalue weighted by molar-refractivity contribution is 7.74. The zero-order valence-electron chi connectivity index (χ0n) is 17.5. The van der Waals surface area contributed by atoms with E-state index in [-0.39, 0.29) is 5.91 Å². The average Bonchev–Trinajstić information content (AvgIpc) is 3.30. The van der Waals surface area contributed by atoms with Crippen LogP contribution in [0.3, 0.4) is 0 Å². The molecule has 0 saturated carbocycles. The molecule has 0 saturated heterocycles. The summed E-state index contributed by atoms with van der Waals surface area (Å²) in [6.07, 6.45) is 0.295. The van der Waals surface area contributed by atoms with Crippen LogP contribution in [0, 0.1) is 7.91 Å². The van der Waals surface area contributed by atoms with Gasteiger partial charge in [0.15, 0.2) is 7.91 Å². The Hall–Kier alpha value is -2.69. The Labute approximate surface area is 209 Å². The predicted octanol–water partition coefficient (Wildman–Crippen LogP) is 6.37. The van der Waals surface area contributed by atoms with E-state index in [1.165, 1.54) is 0 Å². The third kappa shape index (κ3) is 4.83. The number of aromatic nitrogens is 2. The van der Waals surface area contributed by atoms with Gasteiger partial charge in [-0.1, -0.05) is 54.6 Å². The average molecular weight is 509 g/mol. The largest absolute Gasteiger partial charge is 0.308 e.